The molecule has 1 amide bonds. The molecule has 1 fully saturated rings. The summed E-state index contributed by atoms with van der Waals surface area (Å²) in [4.78, 5) is 17.3. The monoisotopic (exact) mass is 291 g/mol. The molecule has 2 N–H and O–H groups in total. The number of hydrogen-bond acceptors (Lipinski definition) is 4. The molecule has 1 atom stereocenters. The van der Waals surface area contributed by atoms with Gasteiger partial charge in [-0.1, -0.05) is 23.5 Å². The Hall–Kier alpha value is -1.82. The molecule has 1 unspecified atom stereocenters. The number of benzene rings is 1. The molecule has 3 rings (SSSR count). The van der Waals surface area contributed by atoms with Gasteiger partial charge in [0.2, 0.25) is 0 Å². The summed E-state index contributed by atoms with van der Waals surface area (Å²) in [6, 6.07) is 8.05. The summed E-state index contributed by atoms with van der Waals surface area (Å²) < 4.78 is 1.15. The quantitative estimate of drug-likeness (QED) is 0.911. The molecule has 1 aromatic carbocycles. The van der Waals surface area contributed by atoms with Gasteiger partial charge in [0, 0.05) is 13.1 Å². The van der Waals surface area contributed by atoms with E-state index in [0.717, 1.165) is 34.6 Å². The average molecular weight is 291 g/mol. The summed E-state index contributed by atoms with van der Waals surface area (Å²) in [7, 11) is 0. The van der Waals surface area contributed by atoms with E-state index < -0.39 is 6.09 Å². The molecule has 1 aliphatic heterocycles. The Balaban J connectivity index is 1.67. The Bertz CT molecular complexity index is 580. The van der Waals surface area contributed by atoms with Gasteiger partial charge in [-0.3, -0.25) is 0 Å². The lowest BCUT2D eigenvalue weighted by Crippen LogP contribution is -2.46. The van der Waals surface area contributed by atoms with E-state index in [-0.39, 0.29) is 6.04 Å². The van der Waals surface area contributed by atoms with Crippen molar-refractivity contribution in [2.45, 2.75) is 25.3 Å². The van der Waals surface area contributed by atoms with E-state index in [1.54, 1.807) is 16.2 Å². The Kier molecular flexibility index (Phi) is 3.73. The van der Waals surface area contributed by atoms with Crippen molar-refractivity contribution in [3.8, 4) is 0 Å². The predicted octanol–water partition coefficient (Wildman–Crippen LogP) is 3.24. The van der Waals surface area contributed by atoms with E-state index in [2.05, 4.69) is 10.3 Å². The molecule has 20 heavy (non-hydrogen) atoms. The number of thiazole rings is 1. The van der Waals surface area contributed by atoms with Crippen LogP contribution in [0.3, 0.4) is 0 Å². The van der Waals surface area contributed by atoms with Gasteiger partial charge in [-0.25, -0.2) is 9.78 Å². The normalized spacial score (nSPS) is 19.2. The van der Waals surface area contributed by atoms with Crippen LogP contribution < -0.4 is 5.32 Å². The van der Waals surface area contributed by atoms with Crippen molar-refractivity contribution in [2.75, 3.05) is 18.4 Å². The summed E-state index contributed by atoms with van der Waals surface area (Å²) in [6.07, 6.45) is 2.16. The minimum Gasteiger partial charge on any atom is -0.465 e. The Labute approximate surface area is 121 Å². The van der Waals surface area contributed by atoms with Crippen molar-refractivity contribution in [3.63, 3.8) is 0 Å². The Morgan fingerprint density at radius 1 is 1.45 bits per heavy atom. The molecule has 6 heteroatoms. The molecule has 0 aliphatic carbocycles. The summed E-state index contributed by atoms with van der Waals surface area (Å²) in [6.45, 7) is 1.27. The van der Waals surface area contributed by atoms with Crippen LogP contribution in [0.2, 0.25) is 0 Å². The molecular weight excluding hydrogens is 274 g/mol. The largest absolute Gasteiger partial charge is 0.465 e. The molecule has 1 aromatic heterocycles. The van der Waals surface area contributed by atoms with Crippen molar-refractivity contribution < 1.29 is 9.90 Å². The van der Waals surface area contributed by atoms with Crippen molar-refractivity contribution >= 4 is 32.8 Å². The number of nitrogens with one attached hydrogen (secondary N) is 1. The highest BCUT2D eigenvalue weighted by Gasteiger charge is 2.26. The van der Waals surface area contributed by atoms with Crippen LogP contribution in [-0.2, 0) is 0 Å². The first-order chi connectivity index (χ1) is 9.74. The third kappa shape index (κ3) is 2.70. The number of rotatable bonds is 3. The number of nitrogens with zero attached hydrogens (tertiary/aromatic N) is 2. The molecule has 2 heterocycles. The van der Waals surface area contributed by atoms with Gasteiger partial charge in [-0.2, -0.15) is 0 Å². The third-order valence-electron chi connectivity index (χ3n) is 3.66. The van der Waals surface area contributed by atoms with Crippen LogP contribution in [0.1, 0.15) is 19.3 Å². The van der Waals surface area contributed by atoms with E-state index >= 15 is 0 Å². The fourth-order valence-electron chi connectivity index (χ4n) is 2.62. The number of hydrogen-bond donors (Lipinski definition) is 2. The van der Waals surface area contributed by atoms with Crippen molar-refractivity contribution in [2.24, 2.45) is 0 Å². The van der Waals surface area contributed by atoms with Crippen LogP contribution in [0.5, 0.6) is 0 Å². The minimum absolute atomic E-state index is 0.0493. The summed E-state index contributed by atoms with van der Waals surface area (Å²) in [5.74, 6) is 0. The van der Waals surface area contributed by atoms with E-state index in [1.165, 1.54) is 0 Å². The second kappa shape index (κ2) is 5.66. The predicted molar refractivity (Wildman–Crippen MR) is 80.5 cm³/mol. The van der Waals surface area contributed by atoms with Gasteiger partial charge in [-0.15, -0.1) is 0 Å². The van der Waals surface area contributed by atoms with Crippen LogP contribution in [0.4, 0.5) is 9.93 Å². The molecule has 1 saturated heterocycles. The number of piperidine rings is 1. The van der Waals surface area contributed by atoms with Crippen LogP contribution in [0.15, 0.2) is 24.3 Å². The number of amides is 1. The standard InChI is InChI=1S/C14H17N3O2S/c18-14(19)17-8-4-3-5-10(17)9-15-13-16-11-6-1-2-7-12(11)20-13/h1-2,6-7,10H,3-5,8-9H2,(H,15,16)(H,18,19). The smallest absolute Gasteiger partial charge is 0.407 e. The lowest BCUT2D eigenvalue weighted by molar-refractivity contribution is 0.110. The van der Waals surface area contributed by atoms with Crippen LogP contribution >= 0.6 is 11.3 Å². The molecule has 0 bridgehead atoms. The number of carboxylic acid groups (broad SMARTS) is 1. The lowest BCUT2D eigenvalue weighted by Gasteiger charge is -2.33. The molecule has 106 valence electrons. The van der Waals surface area contributed by atoms with Gasteiger partial charge in [0.1, 0.15) is 0 Å². The Morgan fingerprint density at radius 2 is 2.30 bits per heavy atom. The molecule has 0 saturated carbocycles. The Morgan fingerprint density at radius 3 is 3.10 bits per heavy atom. The second-order valence-corrected chi connectivity index (χ2v) is 6.02. The maximum absolute atomic E-state index is 11.2. The fraction of sp³-hybridized carbons (Fsp3) is 0.429. The maximum atomic E-state index is 11.2. The lowest BCUT2D eigenvalue weighted by atomic mass is 10.0. The fourth-order valence-corrected chi connectivity index (χ4v) is 3.49. The molecule has 1 aliphatic rings. The van der Waals surface area contributed by atoms with Gasteiger partial charge < -0.3 is 15.3 Å². The molecule has 0 radical (unpaired) electrons. The zero-order valence-corrected chi connectivity index (χ0v) is 11.9. The second-order valence-electron chi connectivity index (χ2n) is 4.99. The van der Waals surface area contributed by atoms with Crippen molar-refractivity contribution in [1.82, 2.24) is 9.88 Å². The van der Waals surface area contributed by atoms with E-state index in [1.807, 2.05) is 24.3 Å². The van der Waals surface area contributed by atoms with E-state index in [4.69, 9.17) is 0 Å². The summed E-state index contributed by atoms with van der Waals surface area (Å²) in [5, 5.41) is 13.4. The topological polar surface area (TPSA) is 65.5 Å². The number of para-hydroxylation sites is 1. The number of carbonyl (C=O) groups is 1. The first kappa shape index (κ1) is 13.2. The number of likely N-dealkylation sites (tertiary alicyclic amines) is 1. The molecule has 0 spiro atoms. The van der Waals surface area contributed by atoms with Gasteiger partial charge in [-0.05, 0) is 31.4 Å². The highest BCUT2D eigenvalue weighted by Crippen LogP contribution is 2.26. The molecular formula is C14H17N3O2S. The number of fused-ring (bicyclic) bond motifs is 1. The maximum Gasteiger partial charge on any atom is 0.407 e. The average Bonchev–Trinajstić information content (AvgIpc) is 2.88. The van der Waals surface area contributed by atoms with Crippen LogP contribution in [-0.4, -0.2) is 40.2 Å². The highest BCUT2D eigenvalue weighted by atomic mass is 32.1. The number of anilines is 1. The van der Waals surface area contributed by atoms with Gasteiger partial charge in [0.05, 0.1) is 16.3 Å². The van der Waals surface area contributed by atoms with Crippen molar-refractivity contribution in [1.29, 1.82) is 0 Å². The SMILES string of the molecule is O=C(O)N1CCCCC1CNc1nc2ccccc2s1. The van der Waals surface area contributed by atoms with Gasteiger partial charge in [0.25, 0.3) is 0 Å². The van der Waals surface area contributed by atoms with Crippen LogP contribution in [0, 0.1) is 0 Å². The summed E-state index contributed by atoms with van der Waals surface area (Å²) >= 11 is 1.61. The number of aromatic nitrogens is 1. The van der Waals surface area contributed by atoms with Gasteiger partial charge >= 0.3 is 6.09 Å². The third-order valence-corrected chi connectivity index (χ3v) is 4.65. The molecule has 5 nitrogen and oxygen atoms in total. The van der Waals surface area contributed by atoms with E-state index in [0.29, 0.717) is 13.1 Å². The van der Waals surface area contributed by atoms with Crippen molar-refractivity contribution in [3.05, 3.63) is 24.3 Å². The zero-order chi connectivity index (χ0) is 13.9. The summed E-state index contributed by atoms with van der Waals surface area (Å²) in [5.41, 5.74) is 0.985. The molecule has 2 aromatic rings. The highest BCUT2D eigenvalue weighted by molar-refractivity contribution is 7.22. The minimum atomic E-state index is -0.819. The first-order valence-corrected chi connectivity index (χ1v) is 7.65. The van der Waals surface area contributed by atoms with E-state index in [9.17, 15) is 9.90 Å². The van der Waals surface area contributed by atoms with Gasteiger partial charge in [0.15, 0.2) is 5.13 Å². The first-order valence-electron chi connectivity index (χ1n) is 6.83. The van der Waals surface area contributed by atoms with Crippen LogP contribution in [0.25, 0.3) is 10.2 Å². The zero-order valence-electron chi connectivity index (χ0n) is 11.1.